The molecule has 148 valence electrons. The maximum absolute atomic E-state index is 5.59. The minimum absolute atomic E-state index is 0.252. The van der Waals surface area contributed by atoms with Gasteiger partial charge in [0, 0.05) is 42.4 Å². The maximum Gasteiger partial charge on any atom is 0.238 e. The first kappa shape index (κ1) is 19.9. The van der Waals surface area contributed by atoms with Crippen molar-refractivity contribution < 1.29 is 4.74 Å². The molecule has 0 atom stereocenters. The normalized spacial score (nSPS) is 14.4. The summed E-state index contributed by atoms with van der Waals surface area (Å²) in [6.45, 7) is 10.2. The Morgan fingerprint density at radius 1 is 1.21 bits per heavy atom. The van der Waals surface area contributed by atoms with Crippen molar-refractivity contribution in [2.45, 2.75) is 40.5 Å². The van der Waals surface area contributed by atoms with Gasteiger partial charge < -0.3 is 10.5 Å². The van der Waals surface area contributed by atoms with Crippen molar-refractivity contribution in [1.82, 2.24) is 19.6 Å². The minimum Gasteiger partial charge on any atom is -0.381 e. The van der Waals surface area contributed by atoms with Crippen molar-refractivity contribution >= 4 is 23.0 Å². The lowest BCUT2D eigenvalue weighted by molar-refractivity contribution is 0.0716. The third-order valence-electron chi connectivity index (χ3n) is 4.64. The molecule has 0 aliphatic carbocycles. The molecule has 1 saturated heterocycles. The van der Waals surface area contributed by atoms with Gasteiger partial charge in [-0.1, -0.05) is 6.92 Å². The smallest absolute Gasteiger partial charge is 0.238 e. The van der Waals surface area contributed by atoms with E-state index in [2.05, 4.69) is 33.0 Å². The molecular formula is C21H28N6O. The Kier molecular flexibility index (Phi) is 6.36. The molecule has 1 aliphatic rings. The number of nitrogens with two attached hydrogens (primary N) is 1. The molecule has 4 rings (SSSR count). The molecule has 3 aromatic heterocycles. The predicted octanol–water partition coefficient (Wildman–Crippen LogP) is 4.23. The minimum atomic E-state index is 0.252. The average Bonchev–Trinajstić information content (AvgIpc) is 3.07. The van der Waals surface area contributed by atoms with Crippen molar-refractivity contribution in [2.75, 3.05) is 18.9 Å². The molecule has 0 bridgehead atoms. The van der Waals surface area contributed by atoms with Crippen LogP contribution in [0, 0.1) is 12.8 Å². The van der Waals surface area contributed by atoms with Gasteiger partial charge in [0.05, 0.1) is 11.7 Å². The van der Waals surface area contributed by atoms with E-state index in [9.17, 15) is 0 Å². The lowest BCUT2D eigenvalue weighted by atomic mass is 10.0. The van der Waals surface area contributed by atoms with Crippen LogP contribution in [0.15, 0.2) is 35.7 Å². The fourth-order valence-corrected chi connectivity index (χ4v) is 3.02. The van der Waals surface area contributed by atoms with Crippen LogP contribution in [0.2, 0.25) is 0 Å². The largest absolute Gasteiger partial charge is 0.381 e. The second-order valence-electron chi connectivity index (χ2n) is 7.39. The standard InChI is InChI=1S/C15H16N6.C6H12O/c1-9(2)19-14-10(3)6-11(7-17-14)12-4-5-21-13(12)8-18-15(16)20-21;1-6-2-4-7-5-3-6/h4-8H,1-3H3,(H2,16,20);6H,2-5H2,1H3. The number of aliphatic imine (C=N–C) groups is 1. The van der Waals surface area contributed by atoms with Crippen LogP contribution >= 0.6 is 0 Å². The van der Waals surface area contributed by atoms with Gasteiger partial charge in [-0.2, -0.15) is 0 Å². The fraction of sp³-hybridized carbons (Fsp3) is 0.429. The number of hydrogen-bond donors (Lipinski definition) is 1. The molecule has 4 heterocycles. The lowest BCUT2D eigenvalue weighted by Crippen LogP contribution is -2.12. The van der Waals surface area contributed by atoms with E-state index in [1.54, 1.807) is 10.7 Å². The van der Waals surface area contributed by atoms with Crippen LogP contribution in [0.4, 0.5) is 11.8 Å². The Bertz CT molecular complexity index is 968. The first-order valence-corrected chi connectivity index (χ1v) is 9.60. The van der Waals surface area contributed by atoms with E-state index >= 15 is 0 Å². The van der Waals surface area contributed by atoms with E-state index in [1.807, 2.05) is 39.2 Å². The summed E-state index contributed by atoms with van der Waals surface area (Å²) in [4.78, 5) is 12.9. The van der Waals surface area contributed by atoms with Crippen LogP contribution in [-0.2, 0) is 4.74 Å². The highest BCUT2D eigenvalue weighted by Gasteiger charge is 2.09. The Morgan fingerprint density at radius 2 is 1.96 bits per heavy atom. The summed E-state index contributed by atoms with van der Waals surface area (Å²) in [5, 5.41) is 4.14. The highest BCUT2D eigenvalue weighted by molar-refractivity contribution is 5.83. The SMILES string of the molecule is CC(C)=Nc1ncc(-c2ccn3nc(N)ncc23)cc1C.CC1CCOCC1. The van der Waals surface area contributed by atoms with Gasteiger partial charge >= 0.3 is 0 Å². The number of anilines is 1. The summed E-state index contributed by atoms with van der Waals surface area (Å²) in [5.74, 6) is 1.92. The number of nitrogen functional groups attached to an aromatic ring is 1. The maximum atomic E-state index is 5.59. The zero-order chi connectivity index (χ0) is 20.1. The number of rotatable bonds is 2. The van der Waals surface area contributed by atoms with Gasteiger partial charge in [-0.25, -0.2) is 19.5 Å². The van der Waals surface area contributed by atoms with Crippen LogP contribution < -0.4 is 5.73 Å². The van der Waals surface area contributed by atoms with Gasteiger partial charge in [0.15, 0.2) is 5.82 Å². The molecule has 0 unspecified atom stereocenters. The summed E-state index contributed by atoms with van der Waals surface area (Å²) < 4.78 is 6.86. The van der Waals surface area contributed by atoms with E-state index in [-0.39, 0.29) is 5.95 Å². The average molecular weight is 380 g/mol. The second kappa shape index (κ2) is 8.93. The zero-order valence-corrected chi connectivity index (χ0v) is 17.0. The van der Waals surface area contributed by atoms with E-state index in [0.717, 1.165) is 52.9 Å². The number of fused-ring (bicyclic) bond motifs is 1. The molecule has 28 heavy (non-hydrogen) atoms. The van der Waals surface area contributed by atoms with Crippen LogP contribution in [-0.4, -0.2) is 38.5 Å². The van der Waals surface area contributed by atoms with Gasteiger partial charge in [-0.05, 0) is 57.2 Å². The number of pyridine rings is 1. The molecule has 0 saturated carbocycles. The number of aromatic nitrogens is 4. The Balaban J connectivity index is 0.000000271. The highest BCUT2D eigenvalue weighted by Crippen LogP contribution is 2.28. The van der Waals surface area contributed by atoms with Crippen molar-refractivity contribution in [3.8, 4) is 11.1 Å². The van der Waals surface area contributed by atoms with Gasteiger partial charge in [-0.15, -0.1) is 5.10 Å². The fourth-order valence-electron chi connectivity index (χ4n) is 3.02. The lowest BCUT2D eigenvalue weighted by Gasteiger charge is -2.16. The Morgan fingerprint density at radius 3 is 2.57 bits per heavy atom. The van der Waals surface area contributed by atoms with E-state index in [4.69, 9.17) is 10.5 Å². The predicted molar refractivity (Wildman–Crippen MR) is 113 cm³/mol. The Labute approximate surface area is 165 Å². The third kappa shape index (κ3) is 4.92. The van der Waals surface area contributed by atoms with Crippen molar-refractivity contribution in [2.24, 2.45) is 10.9 Å². The van der Waals surface area contributed by atoms with Gasteiger partial charge in [0.1, 0.15) is 0 Å². The molecular weight excluding hydrogens is 352 g/mol. The molecule has 2 N–H and O–H groups in total. The number of aryl methyl sites for hydroxylation is 1. The topological polar surface area (TPSA) is 90.7 Å². The van der Waals surface area contributed by atoms with Crippen LogP contribution in [0.5, 0.6) is 0 Å². The molecule has 7 heteroatoms. The van der Waals surface area contributed by atoms with Gasteiger partial charge in [0.25, 0.3) is 0 Å². The molecule has 0 amide bonds. The van der Waals surface area contributed by atoms with Crippen molar-refractivity contribution in [3.05, 3.63) is 36.3 Å². The summed E-state index contributed by atoms with van der Waals surface area (Å²) >= 11 is 0. The first-order chi connectivity index (χ1) is 13.4. The first-order valence-electron chi connectivity index (χ1n) is 9.60. The van der Waals surface area contributed by atoms with Crippen LogP contribution in [0.1, 0.15) is 39.2 Å². The Hall–Kier alpha value is -2.80. The number of hydrogen-bond acceptors (Lipinski definition) is 6. The molecule has 0 radical (unpaired) electrons. The molecule has 3 aromatic rings. The summed E-state index contributed by atoms with van der Waals surface area (Å²) in [5.41, 5.74) is 10.5. The molecule has 0 spiro atoms. The van der Waals surface area contributed by atoms with E-state index in [1.165, 1.54) is 12.8 Å². The summed E-state index contributed by atoms with van der Waals surface area (Å²) in [6.07, 6.45) is 7.93. The highest BCUT2D eigenvalue weighted by atomic mass is 16.5. The van der Waals surface area contributed by atoms with Crippen LogP contribution in [0.3, 0.4) is 0 Å². The number of ether oxygens (including phenoxy) is 1. The number of nitrogens with zero attached hydrogens (tertiary/aromatic N) is 5. The summed E-state index contributed by atoms with van der Waals surface area (Å²) in [6, 6.07) is 4.05. The van der Waals surface area contributed by atoms with Crippen LogP contribution in [0.25, 0.3) is 16.6 Å². The summed E-state index contributed by atoms with van der Waals surface area (Å²) in [7, 11) is 0. The molecule has 7 nitrogen and oxygen atoms in total. The zero-order valence-electron chi connectivity index (χ0n) is 17.0. The second-order valence-corrected chi connectivity index (χ2v) is 7.39. The van der Waals surface area contributed by atoms with Crippen molar-refractivity contribution in [3.63, 3.8) is 0 Å². The van der Waals surface area contributed by atoms with E-state index in [0.29, 0.717) is 0 Å². The molecule has 0 aromatic carbocycles. The molecule has 1 aliphatic heterocycles. The quantitative estimate of drug-likeness (QED) is 0.672. The third-order valence-corrected chi connectivity index (χ3v) is 4.64. The van der Waals surface area contributed by atoms with Gasteiger partial charge in [-0.3, -0.25) is 0 Å². The monoisotopic (exact) mass is 380 g/mol. The van der Waals surface area contributed by atoms with Gasteiger partial charge in [0.2, 0.25) is 5.95 Å². The molecule has 1 fully saturated rings. The van der Waals surface area contributed by atoms with Crippen molar-refractivity contribution in [1.29, 1.82) is 0 Å². The van der Waals surface area contributed by atoms with E-state index < -0.39 is 0 Å².